The van der Waals surface area contributed by atoms with Gasteiger partial charge in [-0.1, -0.05) is 11.6 Å². The number of nitrogens with two attached hydrogens (primary N) is 2. The fourth-order valence-electron chi connectivity index (χ4n) is 4.10. The normalized spacial score (nSPS) is 18.0. The zero-order valence-corrected chi connectivity index (χ0v) is 20.1. The Morgan fingerprint density at radius 2 is 2.23 bits per heavy atom. The third-order valence-electron chi connectivity index (χ3n) is 5.51. The lowest BCUT2D eigenvalue weighted by Crippen LogP contribution is -2.51. The van der Waals surface area contributed by atoms with Gasteiger partial charge in [0, 0.05) is 29.4 Å². The van der Waals surface area contributed by atoms with Gasteiger partial charge in [-0.05, 0) is 37.6 Å². The molecule has 0 bridgehead atoms. The Bertz CT molecular complexity index is 1270. The Morgan fingerprint density at radius 3 is 2.91 bits per heavy atom. The van der Waals surface area contributed by atoms with Crippen LogP contribution in [-0.4, -0.2) is 52.4 Å². The van der Waals surface area contributed by atoms with E-state index in [1.165, 1.54) is 14.0 Å². The molecule has 1 aliphatic rings. The minimum Gasteiger partial charge on any atom is -0.493 e. The summed E-state index contributed by atoms with van der Waals surface area (Å²) in [5, 5.41) is 12.9. The lowest BCUT2D eigenvalue weighted by Gasteiger charge is -2.25. The summed E-state index contributed by atoms with van der Waals surface area (Å²) in [7, 11) is 1.48. The van der Waals surface area contributed by atoms with Gasteiger partial charge in [-0.3, -0.25) is 21.2 Å². The highest BCUT2D eigenvalue weighted by Gasteiger charge is 2.38. The van der Waals surface area contributed by atoms with Gasteiger partial charge in [0.05, 0.1) is 37.9 Å². The fourth-order valence-corrected chi connectivity index (χ4v) is 4.28. The van der Waals surface area contributed by atoms with Gasteiger partial charge in [0.25, 0.3) is 11.9 Å². The van der Waals surface area contributed by atoms with Crippen molar-refractivity contribution in [3.05, 3.63) is 46.7 Å². The molecule has 1 saturated heterocycles. The van der Waals surface area contributed by atoms with E-state index < -0.39 is 5.85 Å². The molecular formula is C23H26ClN7O4. The molecular weight excluding hydrogens is 474 g/mol. The minimum atomic E-state index is -1.34. The van der Waals surface area contributed by atoms with Crippen LogP contribution in [0.25, 0.3) is 11.1 Å². The number of nitrogens with zero attached hydrogens (tertiary/aromatic N) is 4. The predicted octanol–water partition coefficient (Wildman–Crippen LogP) is 2.60. The highest BCUT2D eigenvalue weighted by atomic mass is 35.5. The second kappa shape index (κ2) is 10.1. The number of likely N-dealkylation sites (tertiary alicyclic amines) is 1. The first-order chi connectivity index (χ1) is 16.7. The van der Waals surface area contributed by atoms with Gasteiger partial charge in [-0.25, -0.2) is 0 Å². The average Bonchev–Trinajstić information content (AvgIpc) is 3.39. The van der Waals surface area contributed by atoms with Gasteiger partial charge in [-0.2, -0.15) is 10.2 Å². The lowest BCUT2D eigenvalue weighted by molar-refractivity contribution is -0.0696. The van der Waals surface area contributed by atoms with E-state index in [0.29, 0.717) is 46.1 Å². The van der Waals surface area contributed by atoms with E-state index in [9.17, 15) is 10.1 Å². The zero-order valence-electron chi connectivity index (χ0n) is 19.3. The Hall–Kier alpha value is -3.43. The number of nitriles is 1. The SMILES string of the molecule is COc1cc(C(=O)N2CC(OC(C)(N)N)CC2CC#N)cc2nc(NCc3cc(Cl)ccn3)oc12. The van der Waals surface area contributed by atoms with E-state index in [4.69, 9.17) is 37.0 Å². The molecule has 11 nitrogen and oxygen atoms in total. The van der Waals surface area contributed by atoms with Crippen molar-refractivity contribution in [2.45, 2.75) is 44.3 Å². The molecule has 0 aliphatic carbocycles. The largest absolute Gasteiger partial charge is 0.493 e. The van der Waals surface area contributed by atoms with Crippen molar-refractivity contribution in [3.8, 4) is 11.8 Å². The first kappa shape index (κ1) is 24.7. The molecule has 0 spiro atoms. The second-order valence-corrected chi connectivity index (χ2v) is 8.93. The van der Waals surface area contributed by atoms with Gasteiger partial charge >= 0.3 is 0 Å². The summed E-state index contributed by atoms with van der Waals surface area (Å²) in [6, 6.07) is 8.68. The molecule has 184 valence electrons. The third-order valence-corrected chi connectivity index (χ3v) is 5.74. The third kappa shape index (κ3) is 5.80. The molecule has 4 rings (SSSR count). The number of nitrogens with one attached hydrogen (secondary N) is 1. The highest BCUT2D eigenvalue weighted by Crippen LogP contribution is 2.32. The summed E-state index contributed by atoms with van der Waals surface area (Å²) in [5.41, 5.74) is 13.4. The van der Waals surface area contributed by atoms with E-state index in [1.54, 1.807) is 35.4 Å². The van der Waals surface area contributed by atoms with Crippen LogP contribution in [0.2, 0.25) is 5.02 Å². The van der Waals surface area contributed by atoms with Gasteiger partial charge in [0.1, 0.15) is 5.52 Å². The summed E-state index contributed by atoms with van der Waals surface area (Å²) in [6.07, 6.45) is 1.84. The number of fused-ring (bicyclic) bond motifs is 1. The van der Waals surface area contributed by atoms with Crippen LogP contribution >= 0.6 is 11.6 Å². The highest BCUT2D eigenvalue weighted by molar-refractivity contribution is 6.30. The van der Waals surface area contributed by atoms with Crippen molar-refractivity contribution < 1.29 is 18.7 Å². The molecule has 3 heterocycles. The van der Waals surface area contributed by atoms with Crippen LogP contribution in [0, 0.1) is 11.3 Å². The van der Waals surface area contributed by atoms with Crippen molar-refractivity contribution in [1.82, 2.24) is 14.9 Å². The lowest BCUT2D eigenvalue weighted by atomic mass is 10.1. The molecule has 1 amide bonds. The monoisotopic (exact) mass is 499 g/mol. The molecule has 1 aliphatic heterocycles. The number of pyridine rings is 1. The fraction of sp³-hybridized carbons (Fsp3) is 0.391. The molecule has 1 fully saturated rings. The number of anilines is 1. The summed E-state index contributed by atoms with van der Waals surface area (Å²) in [6.45, 7) is 2.13. The van der Waals surface area contributed by atoms with Gasteiger partial charge < -0.3 is 24.1 Å². The van der Waals surface area contributed by atoms with Crippen LogP contribution in [0.3, 0.4) is 0 Å². The van der Waals surface area contributed by atoms with E-state index in [0.717, 1.165) is 0 Å². The van der Waals surface area contributed by atoms with Crippen molar-refractivity contribution in [2.24, 2.45) is 11.5 Å². The molecule has 2 atom stereocenters. The number of methoxy groups -OCH3 is 1. The van der Waals surface area contributed by atoms with Gasteiger partial charge in [-0.15, -0.1) is 0 Å². The van der Waals surface area contributed by atoms with E-state index in [1.807, 2.05) is 0 Å². The van der Waals surface area contributed by atoms with Crippen LogP contribution < -0.4 is 21.5 Å². The van der Waals surface area contributed by atoms with E-state index in [-0.39, 0.29) is 37.0 Å². The number of rotatable bonds is 8. The molecule has 2 unspecified atom stereocenters. The topological polar surface area (TPSA) is 166 Å². The maximum atomic E-state index is 13.5. The molecule has 0 radical (unpaired) electrons. The average molecular weight is 500 g/mol. The smallest absolute Gasteiger partial charge is 0.296 e. The van der Waals surface area contributed by atoms with Crippen LogP contribution in [0.5, 0.6) is 5.75 Å². The summed E-state index contributed by atoms with van der Waals surface area (Å²) in [4.78, 5) is 23.7. The first-order valence-electron chi connectivity index (χ1n) is 10.9. The Balaban J connectivity index is 1.57. The summed E-state index contributed by atoms with van der Waals surface area (Å²) >= 11 is 6.00. The number of carbonyl (C=O) groups is 1. The molecule has 35 heavy (non-hydrogen) atoms. The number of carbonyl (C=O) groups excluding carboxylic acids is 1. The molecule has 3 aromatic rings. The van der Waals surface area contributed by atoms with Crippen LogP contribution in [-0.2, 0) is 11.3 Å². The standard InChI is InChI=1S/C23H26ClN7O4/c1-23(26,27)35-17-10-16(3-5-25)31(12-17)21(32)13-7-18-20(19(8-13)33-2)34-22(30-18)29-11-15-9-14(24)4-6-28-15/h4,6-9,16-17H,3,10-12,26-27H2,1-2H3,(H,29,30). The van der Waals surface area contributed by atoms with E-state index >= 15 is 0 Å². The maximum Gasteiger partial charge on any atom is 0.296 e. The van der Waals surface area contributed by atoms with Gasteiger partial charge in [0.2, 0.25) is 0 Å². The van der Waals surface area contributed by atoms with Crippen LogP contribution in [0.4, 0.5) is 6.01 Å². The molecule has 5 N–H and O–H groups in total. The zero-order chi connectivity index (χ0) is 25.2. The Kier molecular flexibility index (Phi) is 7.09. The van der Waals surface area contributed by atoms with Crippen LogP contribution in [0.1, 0.15) is 35.8 Å². The summed E-state index contributed by atoms with van der Waals surface area (Å²) < 4.78 is 16.9. The van der Waals surface area contributed by atoms with Crippen LogP contribution in [0.15, 0.2) is 34.9 Å². The number of hydrogen-bond acceptors (Lipinski definition) is 10. The van der Waals surface area contributed by atoms with Crippen molar-refractivity contribution in [2.75, 3.05) is 19.0 Å². The molecule has 1 aromatic carbocycles. The Labute approximate surface area is 206 Å². The molecule has 2 aromatic heterocycles. The maximum absolute atomic E-state index is 13.5. The van der Waals surface area contributed by atoms with Gasteiger partial charge in [0.15, 0.2) is 17.2 Å². The quantitative estimate of drug-likeness (QED) is 0.392. The second-order valence-electron chi connectivity index (χ2n) is 8.50. The number of oxazole rings is 1. The number of amides is 1. The number of halogens is 1. The van der Waals surface area contributed by atoms with E-state index in [2.05, 4.69) is 21.4 Å². The van der Waals surface area contributed by atoms with Crippen molar-refractivity contribution >= 4 is 34.6 Å². The van der Waals surface area contributed by atoms with Crippen molar-refractivity contribution in [1.29, 1.82) is 5.26 Å². The molecule has 0 saturated carbocycles. The van der Waals surface area contributed by atoms with Crippen molar-refractivity contribution in [3.63, 3.8) is 0 Å². The molecule has 12 heteroatoms. The number of ether oxygens (including phenoxy) is 2. The number of benzene rings is 1. The first-order valence-corrected chi connectivity index (χ1v) is 11.3. The summed E-state index contributed by atoms with van der Waals surface area (Å²) in [5.74, 6) is -1.27. The number of hydrogen-bond donors (Lipinski definition) is 3. The number of aromatic nitrogens is 2. The Morgan fingerprint density at radius 1 is 1.43 bits per heavy atom. The minimum absolute atomic E-state index is 0.159. The predicted molar refractivity (Wildman–Crippen MR) is 128 cm³/mol.